The Hall–Kier alpha value is -2.61. The van der Waals surface area contributed by atoms with E-state index in [-0.39, 0.29) is 13.2 Å². The number of ether oxygens (including phenoxy) is 5. The van der Waals surface area contributed by atoms with Gasteiger partial charge in [0.1, 0.15) is 24.4 Å². The molecule has 0 aromatic heterocycles. The van der Waals surface area contributed by atoms with Gasteiger partial charge in [-0.15, -0.1) is 0 Å². The highest BCUT2D eigenvalue weighted by atomic mass is 19.1. The Labute approximate surface area is 193 Å². The topological polar surface area (TPSA) is 46.2 Å². The number of benzene rings is 3. The molecule has 2 aliphatic rings. The molecule has 0 spiro atoms. The molecular weight excluding hydrogens is 423 g/mol. The first-order chi connectivity index (χ1) is 16.3. The van der Waals surface area contributed by atoms with Crippen LogP contribution in [0.3, 0.4) is 0 Å². The summed E-state index contributed by atoms with van der Waals surface area (Å²) < 4.78 is 45.2. The lowest BCUT2D eigenvalue weighted by atomic mass is 9.97. The van der Waals surface area contributed by atoms with Crippen molar-refractivity contribution in [1.82, 2.24) is 0 Å². The highest BCUT2D eigenvalue weighted by Crippen LogP contribution is 2.37. The van der Waals surface area contributed by atoms with Crippen molar-refractivity contribution in [2.75, 3.05) is 6.61 Å². The molecule has 1 unspecified atom stereocenters. The normalized spacial score (nSPS) is 29.4. The van der Waals surface area contributed by atoms with E-state index in [4.69, 9.17) is 23.7 Å². The molecule has 5 nitrogen and oxygen atoms in total. The minimum absolute atomic E-state index is 0.210. The fourth-order valence-electron chi connectivity index (χ4n) is 4.21. The van der Waals surface area contributed by atoms with Gasteiger partial charge in [0.2, 0.25) is 6.36 Å². The van der Waals surface area contributed by atoms with Crippen LogP contribution >= 0.6 is 0 Å². The van der Waals surface area contributed by atoms with E-state index in [1.165, 1.54) is 0 Å². The summed E-state index contributed by atoms with van der Waals surface area (Å²) >= 11 is 0. The van der Waals surface area contributed by atoms with E-state index in [0.29, 0.717) is 6.61 Å². The van der Waals surface area contributed by atoms with Crippen LogP contribution in [0.4, 0.5) is 4.39 Å². The van der Waals surface area contributed by atoms with Gasteiger partial charge in [-0.05, 0) is 11.1 Å². The van der Waals surface area contributed by atoms with Gasteiger partial charge < -0.3 is 23.7 Å². The van der Waals surface area contributed by atoms with E-state index in [1.54, 1.807) is 0 Å². The number of hydrogen-bond acceptors (Lipinski definition) is 5. The van der Waals surface area contributed by atoms with Gasteiger partial charge in [-0.25, -0.2) is 4.39 Å². The molecule has 5 rings (SSSR count). The smallest absolute Gasteiger partial charge is 0.228 e. The second-order valence-electron chi connectivity index (χ2n) is 8.22. The van der Waals surface area contributed by atoms with Gasteiger partial charge in [-0.1, -0.05) is 91.0 Å². The van der Waals surface area contributed by atoms with Crippen molar-refractivity contribution in [3.8, 4) is 0 Å². The Morgan fingerprint density at radius 1 is 0.697 bits per heavy atom. The molecule has 2 aliphatic heterocycles. The second kappa shape index (κ2) is 10.5. The van der Waals surface area contributed by atoms with Crippen LogP contribution in [0.2, 0.25) is 0 Å². The zero-order valence-corrected chi connectivity index (χ0v) is 18.2. The minimum Gasteiger partial charge on any atom is -0.368 e. The molecule has 172 valence electrons. The van der Waals surface area contributed by atoms with Gasteiger partial charge in [0, 0.05) is 5.56 Å². The Morgan fingerprint density at radius 2 is 1.24 bits per heavy atom. The largest absolute Gasteiger partial charge is 0.368 e. The van der Waals surface area contributed by atoms with Crippen LogP contribution in [0.25, 0.3) is 0 Å². The van der Waals surface area contributed by atoms with E-state index < -0.39 is 37.1 Å². The van der Waals surface area contributed by atoms with E-state index in [2.05, 4.69) is 0 Å². The summed E-state index contributed by atoms with van der Waals surface area (Å²) in [6, 6.07) is 29.1. The molecule has 3 aromatic carbocycles. The summed E-state index contributed by atoms with van der Waals surface area (Å²) in [5.74, 6) is 0. The Bertz CT molecular complexity index is 987. The van der Waals surface area contributed by atoms with E-state index in [9.17, 15) is 0 Å². The first-order valence-electron chi connectivity index (χ1n) is 11.2. The minimum atomic E-state index is -1.66. The Morgan fingerprint density at radius 3 is 1.85 bits per heavy atom. The lowest BCUT2D eigenvalue weighted by Gasteiger charge is -2.47. The molecule has 2 heterocycles. The molecule has 0 aliphatic carbocycles. The standard InChI is InChI=1S/C27H27FO5/c28-26-25(30-17-20-12-6-2-7-13-20)24(29-16-19-10-4-1-5-11-19)23-22(32-26)18-31-27(33-23)21-14-8-3-9-15-21/h1-15,22-27H,16-18H2/t22-,23-,24+,25-,26-,27?/m1/s1. The fraction of sp³-hybridized carbons (Fsp3) is 0.333. The van der Waals surface area contributed by atoms with Crippen LogP contribution in [0.15, 0.2) is 91.0 Å². The number of halogens is 1. The maximum atomic E-state index is 15.2. The Balaban J connectivity index is 1.36. The zero-order chi connectivity index (χ0) is 22.5. The lowest BCUT2D eigenvalue weighted by Crippen LogP contribution is -2.62. The molecule has 0 N–H and O–H groups in total. The number of fused-ring (bicyclic) bond motifs is 1. The summed E-state index contributed by atoms with van der Waals surface area (Å²) in [4.78, 5) is 0. The van der Waals surface area contributed by atoms with E-state index in [1.807, 2.05) is 91.0 Å². The van der Waals surface area contributed by atoms with Crippen molar-refractivity contribution in [2.24, 2.45) is 0 Å². The maximum absolute atomic E-state index is 15.2. The molecule has 0 saturated carbocycles. The highest BCUT2D eigenvalue weighted by Gasteiger charge is 2.51. The van der Waals surface area contributed by atoms with Crippen LogP contribution < -0.4 is 0 Å². The molecule has 3 aromatic rings. The maximum Gasteiger partial charge on any atom is 0.228 e. The quantitative estimate of drug-likeness (QED) is 0.509. The third-order valence-electron chi connectivity index (χ3n) is 5.91. The van der Waals surface area contributed by atoms with Crippen LogP contribution in [-0.4, -0.2) is 37.4 Å². The van der Waals surface area contributed by atoms with Crippen molar-refractivity contribution in [2.45, 2.75) is 50.3 Å². The first-order valence-corrected chi connectivity index (χ1v) is 11.2. The molecule has 33 heavy (non-hydrogen) atoms. The molecule has 2 saturated heterocycles. The lowest BCUT2D eigenvalue weighted by molar-refractivity contribution is -0.355. The summed E-state index contributed by atoms with van der Waals surface area (Å²) in [5, 5.41) is 0. The molecule has 2 fully saturated rings. The predicted molar refractivity (Wildman–Crippen MR) is 120 cm³/mol. The zero-order valence-electron chi connectivity index (χ0n) is 18.2. The van der Waals surface area contributed by atoms with Crippen molar-refractivity contribution in [1.29, 1.82) is 0 Å². The summed E-state index contributed by atoms with van der Waals surface area (Å²) in [7, 11) is 0. The molecule has 0 bridgehead atoms. The van der Waals surface area contributed by atoms with Gasteiger partial charge >= 0.3 is 0 Å². The fourth-order valence-corrected chi connectivity index (χ4v) is 4.21. The second-order valence-corrected chi connectivity index (χ2v) is 8.22. The average Bonchev–Trinajstić information content (AvgIpc) is 2.88. The average molecular weight is 451 g/mol. The molecule has 0 radical (unpaired) electrons. The van der Waals surface area contributed by atoms with Crippen molar-refractivity contribution >= 4 is 0 Å². The molecule has 0 amide bonds. The Kier molecular flexibility index (Phi) is 7.09. The predicted octanol–water partition coefficient (Wildman–Crippen LogP) is 4.97. The highest BCUT2D eigenvalue weighted by molar-refractivity contribution is 5.17. The van der Waals surface area contributed by atoms with Gasteiger partial charge in [0.25, 0.3) is 0 Å². The number of alkyl halides is 1. The first kappa shape index (κ1) is 22.2. The van der Waals surface area contributed by atoms with Crippen molar-refractivity contribution < 1.29 is 28.1 Å². The summed E-state index contributed by atoms with van der Waals surface area (Å²) in [6.45, 7) is 0.768. The number of rotatable bonds is 7. The van der Waals surface area contributed by atoms with Crippen molar-refractivity contribution in [3.05, 3.63) is 108 Å². The summed E-state index contributed by atoms with van der Waals surface area (Å²) in [6.07, 6.45) is -4.97. The SMILES string of the molecule is F[C@@H]1O[C@@H]2COC(c3ccccc3)O[C@H]2[C@H](OCc2ccccc2)[C@H]1OCc1ccccc1. The van der Waals surface area contributed by atoms with E-state index in [0.717, 1.165) is 16.7 Å². The third-order valence-corrected chi connectivity index (χ3v) is 5.91. The van der Waals surface area contributed by atoms with Gasteiger partial charge in [-0.2, -0.15) is 0 Å². The number of hydrogen-bond donors (Lipinski definition) is 0. The molecule has 6 heteroatoms. The van der Waals surface area contributed by atoms with Crippen LogP contribution in [0.5, 0.6) is 0 Å². The third kappa shape index (κ3) is 5.32. The van der Waals surface area contributed by atoms with Crippen LogP contribution in [-0.2, 0) is 36.9 Å². The van der Waals surface area contributed by atoms with Crippen LogP contribution in [0.1, 0.15) is 23.0 Å². The van der Waals surface area contributed by atoms with Crippen molar-refractivity contribution in [3.63, 3.8) is 0 Å². The van der Waals surface area contributed by atoms with Gasteiger partial charge in [0.15, 0.2) is 6.29 Å². The van der Waals surface area contributed by atoms with E-state index >= 15 is 4.39 Å². The van der Waals surface area contributed by atoms with Gasteiger partial charge in [-0.3, -0.25) is 0 Å². The van der Waals surface area contributed by atoms with Gasteiger partial charge in [0.05, 0.1) is 19.8 Å². The monoisotopic (exact) mass is 450 g/mol. The summed E-state index contributed by atoms with van der Waals surface area (Å²) in [5.41, 5.74) is 2.83. The molecular formula is C27H27FO5. The van der Waals surface area contributed by atoms with Crippen LogP contribution in [0, 0.1) is 0 Å². The molecule has 6 atom stereocenters.